The summed E-state index contributed by atoms with van der Waals surface area (Å²) in [6.45, 7) is 2.76. The number of amides is 2. The number of rotatable bonds is 2. The Kier molecular flexibility index (Phi) is 3.13. The van der Waals surface area contributed by atoms with Gasteiger partial charge in [-0.3, -0.25) is 9.59 Å². The summed E-state index contributed by atoms with van der Waals surface area (Å²) in [4.78, 5) is 26.4. The van der Waals surface area contributed by atoms with Crippen LogP contribution in [-0.2, 0) is 4.79 Å². The molecule has 4 N–H and O–H groups in total. The minimum Gasteiger partial charge on any atom is -0.399 e. The van der Waals surface area contributed by atoms with Gasteiger partial charge < -0.3 is 16.4 Å². The molecule has 2 heterocycles. The number of carbonyl (C=O) groups is 2. The second kappa shape index (κ2) is 4.73. The highest BCUT2D eigenvalue weighted by atomic mass is 32.1. The molecule has 0 bridgehead atoms. The Hall–Kier alpha value is -2.08. The van der Waals surface area contributed by atoms with Crippen LogP contribution >= 0.6 is 11.3 Å². The third-order valence-electron chi connectivity index (χ3n) is 4.11. The zero-order chi connectivity index (χ0) is 15.2. The molecule has 0 radical (unpaired) electrons. The molecule has 0 saturated carbocycles. The molecule has 5 nitrogen and oxygen atoms in total. The van der Waals surface area contributed by atoms with Crippen LogP contribution in [0.15, 0.2) is 24.3 Å². The molecule has 2 aromatic rings. The van der Waals surface area contributed by atoms with Gasteiger partial charge in [-0.05, 0) is 43.0 Å². The Morgan fingerprint density at radius 2 is 2.10 bits per heavy atom. The lowest BCUT2D eigenvalue weighted by molar-refractivity contribution is -0.126. The number of primary amides is 1. The number of hydrogen-bond acceptors (Lipinski definition) is 4. The number of likely N-dealkylation sites (tertiary alicyclic amines) is 1. The van der Waals surface area contributed by atoms with E-state index in [2.05, 4.69) is 0 Å². The van der Waals surface area contributed by atoms with E-state index in [9.17, 15) is 9.59 Å². The Balaban J connectivity index is 1.86. The number of nitrogens with zero attached hydrogens (tertiary/aromatic N) is 1. The van der Waals surface area contributed by atoms with Gasteiger partial charge in [0.1, 0.15) is 0 Å². The fourth-order valence-corrected chi connectivity index (χ4v) is 3.67. The molecule has 1 aliphatic rings. The molecule has 1 atom stereocenters. The number of anilines is 1. The van der Waals surface area contributed by atoms with E-state index in [-0.39, 0.29) is 11.8 Å². The van der Waals surface area contributed by atoms with E-state index in [1.165, 1.54) is 11.3 Å². The van der Waals surface area contributed by atoms with Gasteiger partial charge in [0.15, 0.2) is 0 Å². The molecule has 0 spiro atoms. The second-order valence-corrected chi connectivity index (χ2v) is 6.89. The van der Waals surface area contributed by atoms with Crippen molar-refractivity contribution < 1.29 is 9.59 Å². The van der Waals surface area contributed by atoms with E-state index >= 15 is 0 Å². The Bertz CT molecular complexity index is 740. The molecule has 110 valence electrons. The van der Waals surface area contributed by atoms with E-state index in [0.29, 0.717) is 30.1 Å². The lowest BCUT2D eigenvalue weighted by Crippen LogP contribution is -2.38. The van der Waals surface area contributed by atoms with Crippen LogP contribution in [0.25, 0.3) is 10.1 Å². The van der Waals surface area contributed by atoms with Crippen molar-refractivity contribution >= 4 is 38.9 Å². The lowest BCUT2D eigenvalue weighted by atomic mass is 9.89. The van der Waals surface area contributed by atoms with E-state index in [1.807, 2.05) is 31.2 Å². The maximum Gasteiger partial charge on any atom is 0.263 e. The fourth-order valence-electron chi connectivity index (χ4n) is 2.66. The van der Waals surface area contributed by atoms with Crippen LogP contribution in [0.4, 0.5) is 5.69 Å². The third-order valence-corrected chi connectivity index (χ3v) is 5.21. The van der Waals surface area contributed by atoms with Crippen molar-refractivity contribution in [2.45, 2.75) is 13.3 Å². The molecule has 1 fully saturated rings. The van der Waals surface area contributed by atoms with Gasteiger partial charge >= 0.3 is 0 Å². The molecule has 6 heteroatoms. The van der Waals surface area contributed by atoms with Crippen molar-refractivity contribution in [2.75, 3.05) is 18.8 Å². The van der Waals surface area contributed by atoms with Gasteiger partial charge in [0, 0.05) is 23.5 Å². The standard InChI is InChI=1S/C15H17N3O2S/c1-15(14(17)20)4-5-18(8-15)13(19)12-7-9-6-10(16)2-3-11(9)21-12/h2-3,6-7H,4-5,8,16H2,1H3,(H2,17,20). The smallest absolute Gasteiger partial charge is 0.263 e. The van der Waals surface area contributed by atoms with Gasteiger partial charge in [-0.2, -0.15) is 0 Å². The lowest BCUT2D eigenvalue weighted by Gasteiger charge is -2.20. The largest absolute Gasteiger partial charge is 0.399 e. The average molecular weight is 303 g/mol. The van der Waals surface area contributed by atoms with Crippen LogP contribution in [0.2, 0.25) is 0 Å². The summed E-state index contributed by atoms with van der Waals surface area (Å²) in [5.41, 5.74) is 11.2. The monoisotopic (exact) mass is 303 g/mol. The summed E-state index contributed by atoms with van der Waals surface area (Å²) in [5.74, 6) is -0.387. The maximum atomic E-state index is 12.6. The van der Waals surface area contributed by atoms with Crippen LogP contribution in [-0.4, -0.2) is 29.8 Å². The second-order valence-electron chi connectivity index (χ2n) is 5.81. The van der Waals surface area contributed by atoms with Crippen molar-refractivity contribution in [3.8, 4) is 0 Å². The first-order valence-electron chi connectivity index (χ1n) is 6.77. The molecule has 1 unspecified atom stereocenters. The Labute approximate surface area is 126 Å². The van der Waals surface area contributed by atoms with E-state index in [4.69, 9.17) is 11.5 Å². The topological polar surface area (TPSA) is 89.4 Å². The average Bonchev–Trinajstić information content (AvgIpc) is 3.02. The third kappa shape index (κ3) is 2.35. The normalized spacial score (nSPS) is 21.9. The molecule has 1 aromatic carbocycles. The number of carbonyl (C=O) groups excluding carboxylic acids is 2. The zero-order valence-electron chi connectivity index (χ0n) is 11.8. The first-order chi connectivity index (χ1) is 9.89. The van der Waals surface area contributed by atoms with Crippen molar-refractivity contribution in [3.05, 3.63) is 29.1 Å². The van der Waals surface area contributed by atoms with Gasteiger partial charge in [-0.1, -0.05) is 0 Å². The Morgan fingerprint density at radius 3 is 2.76 bits per heavy atom. The van der Waals surface area contributed by atoms with Gasteiger partial charge in [0.2, 0.25) is 5.91 Å². The SMILES string of the molecule is CC1(C(N)=O)CCN(C(=O)c2cc3cc(N)ccc3s2)C1. The van der Waals surface area contributed by atoms with Crippen LogP contribution in [0, 0.1) is 5.41 Å². The van der Waals surface area contributed by atoms with Crippen molar-refractivity contribution in [1.29, 1.82) is 0 Å². The summed E-state index contributed by atoms with van der Waals surface area (Å²) in [7, 11) is 0. The highest BCUT2D eigenvalue weighted by Crippen LogP contribution is 2.33. The summed E-state index contributed by atoms with van der Waals surface area (Å²) < 4.78 is 1.03. The minimum atomic E-state index is -0.614. The van der Waals surface area contributed by atoms with Crippen molar-refractivity contribution in [2.24, 2.45) is 11.1 Å². The van der Waals surface area contributed by atoms with Crippen LogP contribution in [0.1, 0.15) is 23.0 Å². The predicted molar refractivity (Wildman–Crippen MR) is 84.1 cm³/mol. The van der Waals surface area contributed by atoms with E-state index < -0.39 is 5.41 Å². The minimum absolute atomic E-state index is 0.0419. The molecule has 0 aliphatic carbocycles. The van der Waals surface area contributed by atoms with Crippen molar-refractivity contribution in [3.63, 3.8) is 0 Å². The molecule has 21 heavy (non-hydrogen) atoms. The highest BCUT2D eigenvalue weighted by molar-refractivity contribution is 7.20. The number of nitrogen functional groups attached to an aromatic ring is 1. The number of thiophene rings is 1. The quantitative estimate of drug-likeness (QED) is 0.829. The number of benzene rings is 1. The molecule has 3 rings (SSSR count). The van der Waals surface area contributed by atoms with Crippen LogP contribution < -0.4 is 11.5 Å². The molecule has 2 amide bonds. The van der Waals surface area contributed by atoms with Gasteiger partial charge in [0.25, 0.3) is 5.91 Å². The van der Waals surface area contributed by atoms with Gasteiger partial charge in [-0.25, -0.2) is 0 Å². The first-order valence-corrected chi connectivity index (χ1v) is 7.59. The predicted octanol–water partition coefficient (Wildman–Crippen LogP) is 1.82. The maximum absolute atomic E-state index is 12.6. The molecule has 1 aliphatic heterocycles. The van der Waals surface area contributed by atoms with Crippen LogP contribution in [0.3, 0.4) is 0 Å². The summed E-state index contributed by atoms with van der Waals surface area (Å²) in [5, 5.41) is 0.972. The molecule has 1 saturated heterocycles. The first kappa shape index (κ1) is 13.9. The van der Waals surface area contributed by atoms with Crippen LogP contribution in [0.5, 0.6) is 0 Å². The number of nitrogens with two attached hydrogens (primary N) is 2. The molecule has 1 aromatic heterocycles. The van der Waals surface area contributed by atoms with Gasteiger partial charge in [-0.15, -0.1) is 11.3 Å². The van der Waals surface area contributed by atoms with Gasteiger partial charge in [0.05, 0.1) is 10.3 Å². The summed E-state index contributed by atoms with van der Waals surface area (Å²) in [6.07, 6.45) is 0.617. The van der Waals surface area contributed by atoms with E-state index in [0.717, 1.165) is 10.1 Å². The van der Waals surface area contributed by atoms with Crippen molar-refractivity contribution in [1.82, 2.24) is 4.90 Å². The summed E-state index contributed by atoms with van der Waals surface area (Å²) in [6, 6.07) is 7.47. The highest BCUT2D eigenvalue weighted by Gasteiger charge is 2.41. The summed E-state index contributed by atoms with van der Waals surface area (Å²) >= 11 is 1.45. The Morgan fingerprint density at radius 1 is 1.33 bits per heavy atom. The number of fused-ring (bicyclic) bond motifs is 1. The molecular weight excluding hydrogens is 286 g/mol. The fraction of sp³-hybridized carbons (Fsp3) is 0.333. The van der Waals surface area contributed by atoms with E-state index in [1.54, 1.807) is 4.90 Å². The number of hydrogen-bond donors (Lipinski definition) is 2. The molecular formula is C15H17N3O2S. The zero-order valence-corrected chi connectivity index (χ0v) is 12.6.